The first-order chi connectivity index (χ1) is 5.66. The summed E-state index contributed by atoms with van der Waals surface area (Å²) in [5.41, 5.74) is 0. The van der Waals surface area contributed by atoms with Crippen molar-refractivity contribution in [1.82, 2.24) is 0 Å². The maximum absolute atomic E-state index is 10.6. The monoisotopic (exact) mass is 192 g/mol. The van der Waals surface area contributed by atoms with Gasteiger partial charge in [0.15, 0.2) is 0 Å². The number of hydrogen-bond donors (Lipinski definition) is 0. The van der Waals surface area contributed by atoms with Crippen molar-refractivity contribution in [2.45, 2.75) is 0 Å². The molecule has 0 spiro atoms. The number of carbonyl (C=O) groups excluding carboxylic acids is 2. The van der Waals surface area contributed by atoms with Crippen LogP contribution in [0.25, 0.3) is 0 Å². The molecule has 68 valence electrons. The van der Waals surface area contributed by atoms with Crippen molar-refractivity contribution in [3.05, 3.63) is 12.2 Å². The van der Waals surface area contributed by atoms with E-state index < -0.39 is 11.2 Å². The van der Waals surface area contributed by atoms with E-state index in [1.165, 1.54) is 7.11 Å². The Morgan fingerprint density at radius 3 is 2.50 bits per heavy atom. The molecule has 0 saturated carbocycles. The van der Waals surface area contributed by atoms with Crippen molar-refractivity contribution in [1.29, 1.82) is 0 Å². The fourth-order valence-electron chi connectivity index (χ4n) is 0.407. The maximum atomic E-state index is 10.6. The molecule has 0 aromatic heterocycles. The normalized spacial score (nSPS) is 10.2. The minimum Gasteiger partial charge on any atom is -0.460 e. The lowest BCUT2D eigenvalue weighted by molar-refractivity contribution is -0.139. The molecule has 0 aliphatic carbocycles. The van der Waals surface area contributed by atoms with Gasteiger partial charge in [-0.2, -0.15) is 0 Å². The summed E-state index contributed by atoms with van der Waals surface area (Å²) >= 11 is 4.92. The van der Waals surface area contributed by atoms with E-state index in [4.69, 9.17) is 11.6 Å². The summed E-state index contributed by atoms with van der Waals surface area (Å²) in [5, 5.41) is -0.710. The number of halogens is 1. The summed E-state index contributed by atoms with van der Waals surface area (Å²) < 4.78 is 9.19. The summed E-state index contributed by atoms with van der Waals surface area (Å²) in [6, 6.07) is 0. The van der Waals surface area contributed by atoms with E-state index in [0.29, 0.717) is 6.61 Å². The summed E-state index contributed by atoms with van der Waals surface area (Å²) in [5.74, 6) is -0.610. The van der Waals surface area contributed by atoms with Crippen molar-refractivity contribution < 1.29 is 19.1 Å². The highest BCUT2D eigenvalue weighted by atomic mass is 35.5. The van der Waals surface area contributed by atoms with Crippen LogP contribution < -0.4 is 0 Å². The number of methoxy groups -OCH3 is 1. The Bertz CT molecular complexity index is 188. The van der Waals surface area contributed by atoms with E-state index in [1.54, 1.807) is 0 Å². The second kappa shape index (κ2) is 6.82. The Hall–Kier alpha value is -0.870. The molecule has 0 aliphatic heterocycles. The average molecular weight is 193 g/mol. The van der Waals surface area contributed by atoms with E-state index in [9.17, 15) is 9.59 Å². The number of carbonyl (C=O) groups is 2. The van der Waals surface area contributed by atoms with Gasteiger partial charge in [0.05, 0.1) is 6.61 Å². The molecule has 0 rings (SSSR count). The highest BCUT2D eigenvalue weighted by Gasteiger charge is 1.96. The third-order valence-corrected chi connectivity index (χ3v) is 1.01. The Balaban J connectivity index is 3.53. The molecule has 4 nitrogen and oxygen atoms in total. The molecular weight excluding hydrogens is 184 g/mol. The van der Waals surface area contributed by atoms with Crippen LogP contribution in [0.1, 0.15) is 0 Å². The number of ether oxygens (including phenoxy) is 2. The van der Waals surface area contributed by atoms with Crippen molar-refractivity contribution in [2.75, 3.05) is 20.3 Å². The standard InChI is InChI=1S/C7H9ClO4/c1-11-4-5-12-7(10)3-2-6(8)9/h2-3H,4-5H2,1H3/b3-2+. The van der Waals surface area contributed by atoms with Crippen LogP contribution >= 0.6 is 11.6 Å². The van der Waals surface area contributed by atoms with Gasteiger partial charge in [0, 0.05) is 19.3 Å². The molecule has 0 atom stereocenters. The predicted octanol–water partition coefficient (Wildman–Crippen LogP) is 0.498. The molecular formula is C7H9ClO4. The summed E-state index contributed by atoms with van der Waals surface area (Å²) in [7, 11) is 1.49. The van der Waals surface area contributed by atoms with Crippen LogP contribution in [0.4, 0.5) is 0 Å². The summed E-state index contributed by atoms with van der Waals surface area (Å²) in [4.78, 5) is 20.8. The lowest BCUT2D eigenvalue weighted by Gasteiger charge is -1.98. The van der Waals surface area contributed by atoms with E-state index in [0.717, 1.165) is 12.2 Å². The third kappa shape index (κ3) is 7.24. The lowest BCUT2D eigenvalue weighted by atomic mass is 10.5. The van der Waals surface area contributed by atoms with Gasteiger partial charge in [0.1, 0.15) is 6.61 Å². The molecule has 0 saturated heterocycles. The molecule has 0 aromatic rings. The minimum atomic E-state index is -0.710. The summed E-state index contributed by atoms with van der Waals surface area (Å²) in [6.07, 6.45) is 1.89. The Morgan fingerprint density at radius 1 is 1.33 bits per heavy atom. The van der Waals surface area contributed by atoms with Gasteiger partial charge in [-0.05, 0) is 11.6 Å². The fraction of sp³-hybridized carbons (Fsp3) is 0.429. The zero-order valence-electron chi connectivity index (χ0n) is 6.58. The predicted molar refractivity (Wildman–Crippen MR) is 42.8 cm³/mol. The van der Waals surface area contributed by atoms with E-state index in [2.05, 4.69) is 9.47 Å². The molecule has 0 radical (unpaired) electrons. The second-order valence-electron chi connectivity index (χ2n) is 1.80. The van der Waals surface area contributed by atoms with Gasteiger partial charge < -0.3 is 9.47 Å². The SMILES string of the molecule is COCCOC(=O)/C=C/C(=O)Cl. The smallest absolute Gasteiger partial charge is 0.330 e. The van der Waals surface area contributed by atoms with Gasteiger partial charge in [-0.1, -0.05) is 0 Å². The first kappa shape index (κ1) is 11.1. The molecule has 0 unspecified atom stereocenters. The third-order valence-electron chi connectivity index (χ3n) is 0.882. The molecule has 0 fully saturated rings. The Morgan fingerprint density at radius 2 is 2.00 bits per heavy atom. The van der Waals surface area contributed by atoms with Crippen LogP contribution in [-0.2, 0) is 19.1 Å². The number of rotatable bonds is 5. The summed E-state index contributed by atoms with van der Waals surface area (Å²) in [6.45, 7) is 0.491. The number of allylic oxidation sites excluding steroid dienone is 1. The maximum Gasteiger partial charge on any atom is 0.330 e. The zero-order valence-corrected chi connectivity index (χ0v) is 7.34. The zero-order chi connectivity index (χ0) is 9.40. The fourth-order valence-corrected chi connectivity index (χ4v) is 0.470. The molecule has 0 heterocycles. The molecule has 0 N–H and O–H groups in total. The van der Waals surface area contributed by atoms with E-state index >= 15 is 0 Å². The van der Waals surface area contributed by atoms with E-state index in [1.807, 2.05) is 0 Å². The van der Waals surface area contributed by atoms with Gasteiger partial charge in [-0.25, -0.2) is 4.79 Å². The Kier molecular flexibility index (Phi) is 6.32. The second-order valence-corrected chi connectivity index (χ2v) is 2.17. The highest BCUT2D eigenvalue weighted by Crippen LogP contribution is 1.86. The largest absolute Gasteiger partial charge is 0.460 e. The first-order valence-electron chi connectivity index (χ1n) is 3.20. The molecule has 0 aromatic carbocycles. The van der Waals surface area contributed by atoms with Crippen molar-refractivity contribution in [3.8, 4) is 0 Å². The average Bonchev–Trinajstić information content (AvgIpc) is 2.01. The molecule has 5 heteroatoms. The van der Waals surface area contributed by atoms with Crippen LogP contribution in [0, 0.1) is 0 Å². The quantitative estimate of drug-likeness (QED) is 0.276. The molecule has 12 heavy (non-hydrogen) atoms. The van der Waals surface area contributed by atoms with Gasteiger partial charge >= 0.3 is 5.97 Å². The van der Waals surface area contributed by atoms with Gasteiger partial charge in [0.25, 0.3) is 0 Å². The van der Waals surface area contributed by atoms with Crippen LogP contribution in [0.2, 0.25) is 0 Å². The number of esters is 1. The van der Waals surface area contributed by atoms with E-state index in [-0.39, 0.29) is 6.61 Å². The van der Waals surface area contributed by atoms with Gasteiger partial charge in [-0.15, -0.1) is 0 Å². The van der Waals surface area contributed by atoms with Crippen LogP contribution in [-0.4, -0.2) is 31.5 Å². The van der Waals surface area contributed by atoms with Crippen LogP contribution in [0.15, 0.2) is 12.2 Å². The number of hydrogen-bond acceptors (Lipinski definition) is 4. The topological polar surface area (TPSA) is 52.6 Å². The van der Waals surface area contributed by atoms with Crippen molar-refractivity contribution in [3.63, 3.8) is 0 Å². The highest BCUT2D eigenvalue weighted by molar-refractivity contribution is 6.66. The van der Waals surface area contributed by atoms with Gasteiger partial charge in [0.2, 0.25) is 5.24 Å². The van der Waals surface area contributed by atoms with Crippen molar-refractivity contribution in [2.24, 2.45) is 0 Å². The molecule has 0 bridgehead atoms. The molecule has 0 aliphatic rings. The Labute approximate surface area is 75.1 Å². The van der Waals surface area contributed by atoms with Gasteiger partial charge in [-0.3, -0.25) is 4.79 Å². The lowest BCUT2D eigenvalue weighted by Crippen LogP contribution is -2.07. The first-order valence-corrected chi connectivity index (χ1v) is 3.58. The van der Waals surface area contributed by atoms with Crippen LogP contribution in [0.3, 0.4) is 0 Å². The van der Waals surface area contributed by atoms with Crippen molar-refractivity contribution >= 4 is 22.8 Å². The van der Waals surface area contributed by atoms with Crippen LogP contribution in [0.5, 0.6) is 0 Å². The molecule has 0 amide bonds. The minimum absolute atomic E-state index is 0.163.